The molecule has 22 heavy (non-hydrogen) atoms. The number of carbonyl (C=O) groups is 1. The zero-order valence-corrected chi connectivity index (χ0v) is 14.4. The lowest BCUT2D eigenvalue weighted by atomic mass is 10.0. The Morgan fingerprint density at radius 2 is 2.00 bits per heavy atom. The number of amides is 1. The lowest BCUT2D eigenvalue weighted by Crippen LogP contribution is -2.30. The molecule has 0 aliphatic carbocycles. The standard InChI is InChI=1S/C17H22N2OS.ClH/c1-13-9-11-21-17(13)15(19-16(20)8-5-10-18)12-14-6-3-2-4-7-14;/h2-4,6-7,9,11,15H,5,8,10,12,18H2,1H3,(H,19,20);1H. The smallest absolute Gasteiger partial charge is 0.220 e. The van der Waals surface area contributed by atoms with Gasteiger partial charge in [-0.3, -0.25) is 4.79 Å². The SMILES string of the molecule is Cc1ccsc1C(Cc1ccccc1)NC(=O)CCCN.Cl. The number of hydrogen-bond acceptors (Lipinski definition) is 3. The van der Waals surface area contributed by atoms with E-state index in [1.54, 1.807) is 11.3 Å². The van der Waals surface area contributed by atoms with Gasteiger partial charge in [0.15, 0.2) is 0 Å². The molecule has 0 aliphatic heterocycles. The quantitative estimate of drug-likeness (QED) is 0.810. The fraction of sp³-hybridized carbons (Fsp3) is 0.353. The zero-order valence-electron chi connectivity index (χ0n) is 12.7. The largest absolute Gasteiger partial charge is 0.348 e. The van der Waals surface area contributed by atoms with E-state index in [1.807, 2.05) is 18.2 Å². The highest BCUT2D eigenvalue weighted by Crippen LogP contribution is 2.27. The molecule has 1 aromatic carbocycles. The minimum Gasteiger partial charge on any atom is -0.348 e. The predicted molar refractivity (Wildman–Crippen MR) is 95.6 cm³/mol. The number of carbonyl (C=O) groups excluding carboxylic acids is 1. The van der Waals surface area contributed by atoms with Crippen molar-refractivity contribution in [2.75, 3.05) is 6.54 Å². The van der Waals surface area contributed by atoms with Gasteiger partial charge in [-0.1, -0.05) is 30.3 Å². The van der Waals surface area contributed by atoms with Gasteiger partial charge in [0.25, 0.3) is 0 Å². The molecule has 0 spiro atoms. The summed E-state index contributed by atoms with van der Waals surface area (Å²) < 4.78 is 0. The molecule has 1 amide bonds. The van der Waals surface area contributed by atoms with Crippen LogP contribution in [0.5, 0.6) is 0 Å². The van der Waals surface area contributed by atoms with Gasteiger partial charge in [-0.15, -0.1) is 23.7 Å². The van der Waals surface area contributed by atoms with E-state index in [4.69, 9.17) is 5.73 Å². The molecule has 0 fully saturated rings. The van der Waals surface area contributed by atoms with Gasteiger partial charge in [0, 0.05) is 11.3 Å². The van der Waals surface area contributed by atoms with Crippen molar-refractivity contribution in [2.45, 2.75) is 32.2 Å². The van der Waals surface area contributed by atoms with Gasteiger partial charge in [0.1, 0.15) is 0 Å². The average Bonchev–Trinajstić information content (AvgIpc) is 2.91. The minimum absolute atomic E-state index is 0. The van der Waals surface area contributed by atoms with Crippen LogP contribution in [0.15, 0.2) is 41.8 Å². The van der Waals surface area contributed by atoms with Crippen molar-refractivity contribution in [1.29, 1.82) is 0 Å². The number of halogens is 1. The lowest BCUT2D eigenvalue weighted by molar-refractivity contribution is -0.121. The summed E-state index contributed by atoms with van der Waals surface area (Å²) in [5, 5.41) is 5.24. The van der Waals surface area contributed by atoms with Crippen LogP contribution in [0.4, 0.5) is 0 Å². The van der Waals surface area contributed by atoms with Crippen LogP contribution in [0.2, 0.25) is 0 Å². The molecule has 0 aliphatic rings. The van der Waals surface area contributed by atoms with Crippen molar-refractivity contribution < 1.29 is 4.79 Å². The molecule has 0 saturated carbocycles. The summed E-state index contributed by atoms with van der Waals surface area (Å²) in [5.41, 5.74) is 7.94. The van der Waals surface area contributed by atoms with Gasteiger partial charge in [0.05, 0.1) is 6.04 Å². The van der Waals surface area contributed by atoms with Crippen LogP contribution in [0.3, 0.4) is 0 Å². The summed E-state index contributed by atoms with van der Waals surface area (Å²) in [7, 11) is 0. The molecule has 1 atom stereocenters. The number of benzene rings is 1. The van der Waals surface area contributed by atoms with Gasteiger partial charge in [0.2, 0.25) is 5.91 Å². The second-order valence-corrected chi connectivity index (χ2v) is 6.12. The predicted octanol–water partition coefficient (Wildman–Crippen LogP) is 3.62. The highest BCUT2D eigenvalue weighted by Gasteiger charge is 2.18. The summed E-state index contributed by atoms with van der Waals surface area (Å²) in [6, 6.07) is 12.4. The average molecular weight is 339 g/mol. The van der Waals surface area contributed by atoms with E-state index in [0.717, 1.165) is 12.8 Å². The minimum atomic E-state index is 0. The second-order valence-electron chi connectivity index (χ2n) is 5.17. The molecular formula is C17H23ClN2OS. The second kappa shape index (κ2) is 9.62. The Balaban J connectivity index is 0.00000242. The van der Waals surface area contributed by atoms with Crippen LogP contribution in [-0.4, -0.2) is 12.5 Å². The van der Waals surface area contributed by atoms with Crippen LogP contribution in [0.25, 0.3) is 0 Å². The third-order valence-corrected chi connectivity index (χ3v) is 4.58. The van der Waals surface area contributed by atoms with Gasteiger partial charge in [-0.2, -0.15) is 0 Å². The Morgan fingerprint density at radius 3 is 2.59 bits per heavy atom. The maximum Gasteiger partial charge on any atom is 0.220 e. The van der Waals surface area contributed by atoms with E-state index in [1.165, 1.54) is 16.0 Å². The van der Waals surface area contributed by atoms with E-state index in [9.17, 15) is 4.79 Å². The maximum atomic E-state index is 12.0. The van der Waals surface area contributed by atoms with Crippen LogP contribution < -0.4 is 11.1 Å². The molecule has 1 aromatic heterocycles. The number of rotatable bonds is 7. The van der Waals surface area contributed by atoms with Crippen molar-refractivity contribution in [2.24, 2.45) is 5.73 Å². The monoisotopic (exact) mass is 338 g/mol. The number of aryl methyl sites for hydroxylation is 1. The highest BCUT2D eigenvalue weighted by atomic mass is 35.5. The summed E-state index contributed by atoms with van der Waals surface area (Å²) >= 11 is 1.70. The molecule has 2 rings (SSSR count). The van der Waals surface area contributed by atoms with Crippen molar-refractivity contribution in [3.63, 3.8) is 0 Å². The number of hydrogen-bond donors (Lipinski definition) is 2. The van der Waals surface area contributed by atoms with Crippen LogP contribution in [0.1, 0.15) is 34.9 Å². The maximum absolute atomic E-state index is 12.0. The summed E-state index contributed by atoms with van der Waals surface area (Å²) in [4.78, 5) is 13.3. The van der Waals surface area contributed by atoms with E-state index < -0.39 is 0 Å². The Labute approximate surface area is 142 Å². The number of nitrogens with one attached hydrogen (secondary N) is 1. The topological polar surface area (TPSA) is 55.1 Å². The third kappa shape index (κ3) is 5.44. The Kier molecular flexibility index (Phi) is 8.17. The summed E-state index contributed by atoms with van der Waals surface area (Å²) in [6.45, 7) is 2.64. The third-order valence-electron chi connectivity index (χ3n) is 3.44. The first kappa shape index (κ1) is 18.7. The zero-order chi connectivity index (χ0) is 15.1. The molecule has 3 nitrogen and oxygen atoms in total. The molecule has 2 aromatic rings. The number of thiophene rings is 1. The van der Waals surface area contributed by atoms with Crippen molar-refractivity contribution in [3.05, 3.63) is 57.8 Å². The fourth-order valence-corrected chi connectivity index (χ4v) is 3.31. The lowest BCUT2D eigenvalue weighted by Gasteiger charge is -2.19. The van der Waals surface area contributed by atoms with Crippen molar-refractivity contribution in [3.8, 4) is 0 Å². The van der Waals surface area contributed by atoms with Crippen LogP contribution in [-0.2, 0) is 11.2 Å². The highest BCUT2D eigenvalue weighted by molar-refractivity contribution is 7.10. The van der Waals surface area contributed by atoms with Crippen molar-refractivity contribution >= 4 is 29.7 Å². The summed E-state index contributed by atoms with van der Waals surface area (Å²) in [6.07, 6.45) is 2.04. The molecule has 3 N–H and O–H groups in total. The first-order valence-electron chi connectivity index (χ1n) is 7.28. The van der Waals surface area contributed by atoms with Crippen LogP contribution in [0, 0.1) is 6.92 Å². The molecular weight excluding hydrogens is 316 g/mol. The van der Waals surface area contributed by atoms with Gasteiger partial charge >= 0.3 is 0 Å². The first-order chi connectivity index (χ1) is 10.2. The normalized spacial score (nSPS) is 11.5. The van der Waals surface area contributed by atoms with Crippen molar-refractivity contribution in [1.82, 2.24) is 5.32 Å². The Morgan fingerprint density at radius 1 is 1.27 bits per heavy atom. The molecule has 0 radical (unpaired) electrons. The first-order valence-corrected chi connectivity index (χ1v) is 8.16. The molecule has 1 heterocycles. The van der Waals surface area contributed by atoms with E-state index in [0.29, 0.717) is 13.0 Å². The Hall–Kier alpha value is -1.36. The molecule has 0 saturated heterocycles. The van der Waals surface area contributed by atoms with Gasteiger partial charge in [-0.05, 0) is 48.9 Å². The molecule has 0 bridgehead atoms. The molecule has 5 heteroatoms. The van der Waals surface area contributed by atoms with E-state index in [2.05, 4.69) is 35.8 Å². The van der Waals surface area contributed by atoms with Gasteiger partial charge < -0.3 is 11.1 Å². The van der Waals surface area contributed by atoms with E-state index >= 15 is 0 Å². The molecule has 120 valence electrons. The Bertz CT molecular complexity index is 571. The number of nitrogens with two attached hydrogens (primary N) is 1. The van der Waals surface area contributed by atoms with Gasteiger partial charge in [-0.25, -0.2) is 0 Å². The van der Waals surface area contributed by atoms with Crippen LogP contribution >= 0.6 is 23.7 Å². The summed E-state index contributed by atoms with van der Waals surface area (Å²) in [5.74, 6) is 0.0779. The van der Waals surface area contributed by atoms with E-state index in [-0.39, 0.29) is 24.4 Å². The fourth-order valence-electron chi connectivity index (χ4n) is 2.33. The molecule has 1 unspecified atom stereocenters.